The number of nitrogens with one attached hydrogen (secondary N) is 1. The highest BCUT2D eigenvalue weighted by Crippen LogP contribution is 2.47. The number of methoxy groups -OCH3 is 3. The second kappa shape index (κ2) is 9.14. The lowest BCUT2D eigenvalue weighted by Crippen LogP contribution is -2.38. The van der Waals surface area contributed by atoms with E-state index in [9.17, 15) is 9.59 Å². The van der Waals surface area contributed by atoms with E-state index in [1.165, 1.54) is 0 Å². The smallest absolute Gasteiger partial charge is 0.336 e. The van der Waals surface area contributed by atoms with Gasteiger partial charge in [-0.05, 0) is 36.5 Å². The van der Waals surface area contributed by atoms with Crippen molar-refractivity contribution in [1.82, 2.24) is 5.32 Å². The molecule has 1 aliphatic carbocycles. The maximum absolute atomic E-state index is 13.3. The molecule has 3 rings (SSSR count). The first-order chi connectivity index (χ1) is 14.7. The minimum atomic E-state index is -0.547. The number of carbonyl (C=O) groups is 2. The van der Waals surface area contributed by atoms with Crippen LogP contribution in [0.1, 0.15) is 45.1 Å². The van der Waals surface area contributed by atoms with Crippen LogP contribution >= 0.6 is 0 Å². The zero-order valence-corrected chi connectivity index (χ0v) is 19.1. The summed E-state index contributed by atoms with van der Waals surface area (Å²) < 4.78 is 21.3. The lowest BCUT2D eigenvalue weighted by Gasteiger charge is -2.39. The molecule has 0 saturated heterocycles. The van der Waals surface area contributed by atoms with Gasteiger partial charge in [0.25, 0.3) is 0 Å². The molecule has 0 unspecified atom stereocenters. The highest BCUT2D eigenvalue weighted by molar-refractivity contribution is 6.04. The van der Waals surface area contributed by atoms with Gasteiger partial charge in [0.05, 0.1) is 26.4 Å². The van der Waals surface area contributed by atoms with Crippen LogP contribution in [0.5, 0.6) is 11.5 Å². The molecule has 0 aromatic heterocycles. The second-order valence-electron chi connectivity index (χ2n) is 8.67. The summed E-state index contributed by atoms with van der Waals surface area (Å²) in [6.45, 7) is 6.44. The summed E-state index contributed by atoms with van der Waals surface area (Å²) in [6.07, 6.45) is 1.14. The Balaban J connectivity index is 2.13. The molecule has 7 heteroatoms. The first-order valence-corrected chi connectivity index (χ1v) is 10.3. The van der Waals surface area contributed by atoms with Crippen molar-refractivity contribution in [2.45, 2.75) is 39.5 Å². The van der Waals surface area contributed by atoms with Crippen molar-refractivity contribution in [2.75, 3.05) is 34.5 Å². The van der Waals surface area contributed by atoms with Gasteiger partial charge in [-0.25, -0.2) is 4.79 Å². The second-order valence-corrected chi connectivity index (χ2v) is 8.67. The van der Waals surface area contributed by atoms with Crippen LogP contribution in [0.2, 0.25) is 0 Å². The fourth-order valence-corrected chi connectivity index (χ4v) is 4.37. The molecule has 0 bridgehead atoms. The van der Waals surface area contributed by atoms with Gasteiger partial charge in [-0.1, -0.05) is 19.9 Å². The molecule has 1 atom stereocenters. The highest BCUT2D eigenvalue weighted by atomic mass is 16.6. The largest absolute Gasteiger partial charge is 0.493 e. The van der Waals surface area contributed by atoms with Crippen LogP contribution in [0.4, 0.5) is 0 Å². The van der Waals surface area contributed by atoms with E-state index in [0.717, 1.165) is 17.7 Å². The Hall–Kier alpha value is -2.80. The Morgan fingerprint density at radius 2 is 1.81 bits per heavy atom. The lowest BCUT2D eigenvalue weighted by molar-refractivity contribution is -0.140. The number of ketones is 1. The quantitative estimate of drug-likeness (QED) is 0.525. The van der Waals surface area contributed by atoms with E-state index in [4.69, 9.17) is 18.9 Å². The summed E-state index contributed by atoms with van der Waals surface area (Å²) in [7, 11) is 4.68. The van der Waals surface area contributed by atoms with E-state index in [1.807, 2.05) is 19.1 Å². The van der Waals surface area contributed by atoms with Crippen LogP contribution in [0.15, 0.2) is 40.7 Å². The predicted molar refractivity (Wildman–Crippen MR) is 116 cm³/mol. The summed E-state index contributed by atoms with van der Waals surface area (Å²) in [5, 5.41) is 3.33. The van der Waals surface area contributed by atoms with Gasteiger partial charge in [-0.15, -0.1) is 0 Å². The number of benzene rings is 1. The molecule has 0 saturated carbocycles. The third kappa shape index (κ3) is 4.61. The van der Waals surface area contributed by atoms with Crippen molar-refractivity contribution in [2.24, 2.45) is 5.41 Å². The molecule has 1 aromatic rings. The maximum atomic E-state index is 13.3. The van der Waals surface area contributed by atoms with Crippen LogP contribution in [0, 0.1) is 5.41 Å². The van der Waals surface area contributed by atoms with Crippen molar-refractivity contribution in [1.29, 1.82) is 0 Å². The van der Waals surface area contributed by atoms with E-state index in [-0.39, 0.29) is 17.8 Å². The fraction of sp³-hybridized carbons (Fsp3) is 0.500. The molecule has 1 N–H and O–H groups in total. The third-order valence-corrected chi connectivity index (χ3v) is 5.72. The zero-order valence-electron chi connectivity index (χ0n) is 19.1. The minimum absolute atomic E-state index is 0.0354. The molecule has 0 spiro atoms. The molecule has 1 aromatic carbocycles. The zero-order chi connectivity index (χ0) is 22.8. The molecule has 0 amide bonds. The Bertz CT molecular complexity index is 943. The number of allylic oxidation sites excluding steroid dienone is 3. The summed E-state index contributed by atoms with van der Waals surface area (Å²) >= 11 is 0. The number of hydrogen-bond donors (Lipinski definition) is 1. The number of ether oxygens (including phenoxy) is 4. The summed E-state index contributed by atoms with van der Waals surface area (Å²) in [5.74, 6) is 0.137. The Labute approximate surface area is 183 Å². The van der Waals surface area contributed by atoms with Crippen molar-refractivity contribution < 1.29 is 28.5 Å². The topological polar surface area (TPSA) is 83.1 Å². The van der Waals surface area contributed by atoms with Crippen LogP contribution in [-0.2, 0) is 19.1 Å². The fourth-order valence-electron chi connectivity index (χ4n) is 4.37. The molecule has 2 aliphatic rings. The van der Waals surface area contributed by atoms with Gasteiger partial charge in [-0.3, -0.25) is 4.79 Å². The van der Waals surface area contributed by atoms with Gasteiger partial charge >= 0.3 is 5.97 Å². The van der Waals surface area contributed by atoms with Gasteiger partial charge in [0.2, 0.25) is 0 Å². The number of hydrogen-bond acceptors (Lipinski definition) is 7. The van der Waals surface area contributed by atoms with Gasteiger partial charge in [0, 0.05) is 36.4 Å². The number of esters is 1. The molecule has 1 aliphatic heterocycles. The normalized spacial score (nSPS) is 20.2. The number of carbonyl (C=O) groups excluding carboxylic acids is 2. The van der Waals surface area contributed by atoms with Gasteiger partial charge < -0.3 is 24.3 Å². The number of dihydropyridines is 1. The van der Waals surface area contributed by atoms with Crippen molar-refractivity contribution in [3.8, 4) is 11.5 Å². The Kier molecular flexibility index (Phi) is 6.74. The van der Waals surface area contributed by atoms with Crippen LogP contribution in [0.3, 0.4) is 0 Å². The van der Waals surface area contributed by atoms with E-state index < -0.39 is 11.9 Å². The Morgan fingerprint density at radius 3 is 2.45 bits per heavy atom. The first kappa shape index (κ1) is 22.9. The van der Waals surface area contributed by atoms with E-state index in [2.05, 4.69) is 19.2 Å². The van der Waals surface area contributed by atoms with Crippen LogP contribution < -0.4 is 14.8 Å². The number of Topliss-reactive ketones (excluding diaryl/α,β-unsaturated/α-hetero) is 1. The van der Waals surface area contributed by atoms with E-state index >= 15 is 0 Å². The van der Waals surface area contributed by atoms with Crippen molar-refractivity contribution in [3.05, 3.63) is 46.3 Å². The molecule has 1 heterocycles. The molecular weight excluding hydrogens is 398 g/mol. The summed E-state index contributed by atoms with van der Waals surface area (Å²) in [6, 6.07) is 5.48. The minimum Gasteiger partial charge on any atom is -0.493 e. The monoisotopic (exact) mass is 429 g/mol. The van der Waals surface area contributed by atoms with Crippen molar-refractivity contribution in [3.63, 3.8) is 0 Å². The van der Waals surface area contributed by atoms with E-state index in [1.54, 1.807) is 27.4 Å². The molecule has 31 heavy (non-hydrogen) atoms. The van der Waals surface area contributed by atoms with Gasteiger partial charge in [-0.2, -0.15) is 0 Å². The summed E-state index contributed by atoms with van der Waals surface area (Å²) in [4.78, 5) is 26.4. The molecule has 168 valence electrons. The lowest BCUT2D eigenvalue weighted by atomic mass is 9.68. The average Bonchev–Trinajstić information content (AvgIpc) is 2.71. The molecule has 0 radical (unpaired) electrons. The molecule has 7 nitrogen and oxygen atoms in total. The average molecular weight is 430 g/mol. The highest BCUT2D eigenvalue weighted by Gasteiger charge is 2.43. The standard InChI is InChI=1S/C24H31NO6/c1-14-20(23(27)31-10-9-28-4)21(15-7-8-18(29-5)19(11-15)30-6)22-16(25-14)12-24(2,3)13-17(22)26/h7-8,11,21,25H,9-10,12-13H2,1-6H3/t21-/m0/s1. The van der Waals surface area contributed by atoms with Gasteiger partial charge in [0.1, 0.15) is 6.61 Å². The van der Waals surface area contributed by atoms with E-state index in [0.29, 0.717) is 41.4 Å². The first-order valence-electron chi connectivity index (χ1n) is 10.3. The predicted octanol–water partition coefficient (Wildman–Crippen LogP) is 3.50. The Morgan fingerprint density at radius 1 is 1.10 bits per heavy atom. The van der Waals surface area contributed by atoms with Crippen LogP contribution in [0.25, 0.3) is 0 Å². The van der Waals surface area contributed by atoms with Gasteiger partial charge in [0.15, 0.2) is 17.3 Å². The SMILES string of the molecule is COCCOC(=O)C1=C(C)NC2=C(C(=O)CC(C)(C)C2)[C@H]1c1ccc(OC)c(OC)c1. The van der Waals surface area contributed by atoms with Crippen LogP contribution in [-0.4, -0.2) is 46.3 Å². The molecular formula is C24H31NO6. The third-order valence-electron chi connectivity index (χ3n) is 5.72. The maximum Gasteiger partial charge on any atom is 0.336 e. The number of rotatable bonds is 7. The molecule has 0 fully saturated rings. The summed E-state index contributed by atoms with van der Waals surface area (Å²) in [5.41, 5.74) is 3.23. The van der Waals surface area contributed by atoms with Crippen molar-refractivity contribution >= 4 is 11.8 Å².